The van der Waals surface area contributed by atoms with Crippen molar-refractivity contribution in [2.24, 2.45) is 0 Å². The summed E-state index contributed by atoms with van der Waals surface area (Å²) in [5, 5.41) is 10.2. The van der Waals surface area contributed by atoms with Crippen molar-refractivity contribution in [2.75, 3.05) is 7.11 Å². The average molecular weight is 522 g/mol. The number of para-hydroxylation sites is 1. The van der Waals surface area contributed by atoms with Gasteiger partial charge < -0.3 is 9.47 Å². The lowest BCUT2D eigenvalue weighted by atomic mass is 9.84. The Labute approximate surface area is 222 Å². The number of hydrogen-bond donors (Lipinski definition) is 0. The Morgan fingerprint density at radius 2 is 1.74 bits per heavy atom. The normalized spacial score (nSPS) is 14.1. The van der Waals surface area contributed by atoms with Gasteiger partial charge in [0.05, 0.1) is 35.5 Å². The molecule has 7 rings (SSSR count). The molecule has 5 heterocycles. The van der Waals surface area contributed by atoms with Gasteiger partial charge in [-0.1, -0.05) is 29.8 Å². The quantitative estimate of drug-likeness (QED) is 0.296. The smallest absolute Gasteiger partial charge is 0.230 e. The second kappa shape index (κ2) is 8.67. The van der Waals surface area contributed by atoms with Gasteiger partial charge in [-0.3, -0.25) is 4.98 Å². The van der Waals surface area contributed by atoms with E-state index in [1.165, 1.54) is 0 Å². The van der Waals surface area contributed by atoms with Crippen LogP contribution in [0.25, 0.3) is 22.7 Å². The molecule has 1 aliphatic rings. The van der Waals surface area contributed by atoms with Crippen molar-refractivity contribution in [3.8, 4) is 34.6 Å². The van der Waals surface area contributed by atoms with Gasteiger partial charge in [0.25, 0.3) is 0 Å². The second-order valence-corrected chi connectivity index (χ2v) is 9.31. The van der Waals surface area contributed by atoms with Gasteiger partial charge in [0.2, 0.25) is 11.8 Å². The molecule has 0 aliphatic carbocycles. The summed E-state index contributed by atoms with van der Waals surface area (Å²) in [6.45, 7) is 1.97. The predicted molar refractivity (Wildman–Crippen MR) is 141 cm³/mol. The molecule has 6 aromatic rings. The van der Waals surface area contributed by atoms with E-state index in [1.54, 1.807) is 35.0 Å². The van der Waals surface area contributed by atoms with Crippen molar-refractivity contribution >= 4 is 17.2 Å². The number of fused-ring (bicyclic) bond motifs is 4. The fourth-order valence-electron chi connectivity index (χ4n) is 4.97. The van der Waals surface area contributed by atoms with Crippen LogP contribution in [-0.2, 0) is 0 Å². The van der Waals surface area contributed by atoms with Crippen LogP contribution in [-0.4, -0.2) is 41.5 Å². The molecule has 1 aliphatic heterocycles. The fraction of sp³-hybridized carbons (Fsp3) is 0.107. The summed E-state index contributed by atoms with van der Waals surface area (Å²) in [4.78, 5) is 13.7. The van der Waals surface area contributed by atoms with Crippen molar-refractivity contribution in [3.05, 3.63) is 107 Å². The Balaban J connectivity index is 1.51. The lowest BCUT2D eigenvalue weighted by Crippen LogP contribution is -2.16. The number of benzene rings is 2. The van der Waals surface area contributed by atoms with E-state index in [-0.39, 0.29) is 5.92 Å². The lowest BCUT2D eigenvalue weighted by molar-refractivity contribution is 0.393. The van der Waals surface area contributed by atoms with Crippen LogP contribution < -0.4 is 9.47 Å². The third-order valence-corrected chi connectivity index (χ3v) is 6.93. The van der Waals surface area contributed by atoms with Crippen LogP contribution in [0.2, 0.25) is 5.02 Å². The van der Waals surface area contributed by atoms with E-state index in [4.69, 9.17) is 36.3 Å². The first kappa shape index (κ1) is 22.4. The number of rotatable bonds is 4. The van der Waals surface area contributed by atoms with E-state index in [2.05, 4.69) is 9.97 Å². The van der Waals surface area contributed by atoms with Crippen molar-refractivity contribution < 1.29 is 9.47 Å². The zero-order chi connectivity index (χ0) is 25.8. The Bertz CT molecular complexity index is 1810. The number of pyridine rings is 1. The van der Waals surface area contributed by atoms with Gasteiger partial charge in [-0.25, -0.2) is 19.2 Å². The molecule has 2 aromatic carbocycles. The molecule has 0 saturated heterocycles. The van der Waals surface area contributed by atoms with Gasteiger partial charge in [0.15, 0.2) is 11.5 Å². The van der Waals surface area contributed by atoms with Crippen molar-refractivity contribution in [1.82, 2.24) is 34.3 Å². The van der Waals surface area contributed by atoms with Gasteiger partial charge in [-0.15, -0.1) is 5.10 Å². The summed E-state index contributed by atoms with van der Waals surface area (Å²) < 4.78 is 15.8. The van der Waals surface area contributed by atoms with Crippen LogP contribution in [0.15, 0.2) is 79.4 Å². The van der Waals surface area contributed by atoms with E-state index in [0.717, 1.165) is 39.4 Å². The molecule has 0 bridgehead atoms. The van der Waals surface area contributed by atoms with Crippen molar-refractivity contribution in [3.63, 3.8) is 0 Å². The number of aromatic nitrogens is 7. The van der Waals surface area contributed by atoms with Crippen molar-refractivity contribution in [2.45, 2.75) is 12.8 Å². The van der Waals surface area contributed by atoms with Gasteiger partial charge in [0, 0.05) is 28.5 Å². The Morgan fingerprint density at radius 1 is 0.947 bits per heavy atom. The number of ether oxygens (including phenoxy) is 2. The van der Waals surface area contributed by atoms with Crippen LogP contribution in [0.1, 0.15) is 28.3 Å². The van der Waals surface area contributed by atoms with Crippen LogP contribution in [0, 0.1) is 6.92 Å². The van der Waals surface area contributed by atoms with Gasteiger partial charge in [-0.2, -0.15) is 5.10 Å². The van der Waals surface area contributed by atoms with Crippen LogP contribution in [0.5, 0.6) is 17.5 Å². The second-order valence-electron chi connectivity index (χ2n) is 8.87. The van der Waals surface area contributed by atoms with Crippen LogP contribution in [0.3, 0.4) is 0 Å². The average Bonchev–Trinajstić information content (AvgIpc) is 3.54. The minimum atomic E-state index is -0.323. The molecule has 0 unspecified atom stereocenters. The highest BCUT2D eigenvalue weighted by Crippen LogP contribution is 2.51. The molecule has 0 radical (unpaired) electrons. The Kier molecular flexibility index (Phi) is 5.12. The third-order valence-electron chi connectivity index (χ3n) is 6.68. The summed E-state index contributed by atoms with van der Waals surface area (Å²) in [6.07, 6.45) is 5.05. The zero-order valence-corrected chi connectivity index (χ0v) is 21.2. The summed E-state index contributed by atoms with van der Waals surface area (Å²) >= 11 is 6.15. The first-order valence-corrected chi connectivity index (χ1v) is 12.3. The van der Waals surface area contributed by atoms with Crippen molar-refractivity contribution in [1.29, 1.82) is 0 Å². The monoisotopic (exact) mass is 521 g/mol. The van der Waals surface area contributed by atoms with E-state index < -0.39 is 0 Å². The summed E-state index contributed by atoms with van der Waals surface area (Å²) in [7, 11) is 1.67. The highest BCUT2D eigenvalue weighted by molar-refractivity contribution is 6.30. The zero-order valence-electron chi connectivity index (χ0n) is 20.4. The largest absolute Gasteiger partial charge is 0.496 e. The van der Waals surface area contributed by atoms with Crippen LogP contribution in [0.4, 0.5) is 0 Å². The minimum absolute atomic E-state index is 0.323. The molecule has 0 spiro atoms. The molecule has 1 atom stereocenters. The van der Waals surface area contributed by atoms with Gasteiger partial charge in [-0.05, 0) is 49.4 Å². The van der Waals surface area contributed by atoms with Gasteiger partial charge in [0.1, 0.15) is 12.1 Å². The maximum Gasteiger partial charge on any atom is 0.230 e. The minimum Gasteiger partial charge on any atom is -0.496 e. The number of nitrogens with zero attached hydrogens (tertiary/aromatic N) is 7. The fourth-order valence-corrected chi connectivity index (χ4v) is 5.10. The third kappa shape index (κ3) is 3.43. The first-order valence-electron chi connectivity index (χ1n) is 11.9. The Morgan fingerprint density at radius 3 is 2.53 bits per heavy atom. The number of halogens is 1. The number of aryl methyl sites for hydroxylation is 1. The molecule has 9 nitrogen and oxygen atoms in total. The maximum atomic E-state index is 6.49. The SMILES string of the molecule is COc1ccccc1[C@@H]1c2c(C)nn(-c3ccc(Cl)cc3)c2Oc2ncn3nc(-c4ccncc4)nc3c21. The summed E-state index contributed by atoms with van der Waals surface area (Å²) in [5.41, 5.74) is 5.77. The molecule has 38 heavy (non-hydrogen) atoms. The van der Waals surface area contributed by atoms with E-state index in [0.29, 0.717) is 28.3 Å². The first-order chi connectivity index (χ1) is 18.6. The molecular weight excluding hydrogens is 502 g/mol. The molecule has 4 aromatic heterocycles. The number of hydrogen-bond acceptors (Lipinski definition) is 7. The highest BCUT2D eigenvalue weighted by Gasteiger charge is 2.39. The standard InChI is InChI=1S/C28H20ClN7O2/c1-16-22-23(20-5-3-4-6-21(20)37-2)24-26-32-25(17-11-13-30-14-12-17)34-35(26)15-31-27(24)38-28(22)36(33-16)19-9-7-18(29)8-10-19/h3-15,23H,1-2H3/t23-/m1/s1. The van der Waals surface area contributed by atoms with E-state index >= 15 is 0 Å². The molecule has 0 saturated carbocycles. The highest BCUT2D eigenvalue weighted by atomic mass is 35.5. The Hall–Kier alpha value is -4.76. The molecular formula is C28H20ClN7O2. The van der Waals surface area contributed by atoms with Crippen LogP contribution >= 0.6 is 11.6 Å². The molecule has 186 valence electrons. The maximum absolute atomic E-state index is 6.49. The summed E-state index contributed by atoms with van der Waals surface area (Å²) in [5.74, 6) is 2.01. The summed E-state index contributed by atoms with van der Waals surface area (Å²) in [6, 6.07) is 19.2. The molecule has 0 fully saturated rings. The van der Waals surface area contributed by atoms with E-state index in [9.17, 15) is 0 Å². The number of methoxy groups -OCH3 is 1. The molecule has 0 amide bonds. The topological polar surface area (TPSA) is 92.2 Å². The van der Waals surface area contributed by atoms with E-state index in [1.807, 2.05) is 67.6 Å². The predicted octanol–water partition coefficient (Wildman–Crippen LogP) is 5.63. The van der Waals surface area contributed by atoms with Gasteiger partial charge >= 0.3 is 0 Å². The molecule has 0 N–H and O–H groups in total. The lowest BCUT2D eigenvalue weighted by Gasteiger charge is -2.27. The molecule has 10 heteroatoms.